The van der Waals surface area contributed by atoms with Gasteiger partial charge in [-0.2, -0.15) is 5.26 Å². The van der Waals surface area contributed by atoms with E-state index in [1.165, 1.54) is 12.1 Å². The molecule has 24 heavy (non-hydrogen) atoms. The number of aromatic nitrogens is 1. The number of nitriles is 1. The van der Waals surface area contributed by atoms with E-state index in [2.05, 4.69) is 17.0 Å². The van der Waals surface area contributed by atoms with E-state index < -0.39 is 0 Å². The van der Waals surface area contributed by atoms with Crippen molar-refractivity contribution in [2.24, 2.45) is 11.8 Å². The first-order valence-corrected chi connectivity index (χ1v) is 8.13. The van der Waals surface area contributed by atoms with E-state index in [1.807, 2.05) is 18.0 Å². The summed E-state index contributed by atoms with van der Waals surface area (Å²) in [6.45, 7) is 4.55. The lowest BCUT2D eigenvalue weighted by molar-refractivity contribution is 0.405. The van der Waals surface area contributed by atoms with E-state index in [1.54, 1.807) is 12.1 Å². The van der Waals surface area contributed by atoms with Crippen LogP contribution >= 0.6 is 11.6 Å². The van der Waals surface area contributed by atoms with Crippen LogP contribution in [-0.4, -0.2) is 31.8 Å². The van der Waals surface area contributed by atoms with Crippen LogP contribution in [0, 0.1) is 29.0 Å². The molecule has 0 aliphatic carbocycles. The third-order valence-electron chi connectivity index (χ3n) is 4.52. The largest absolute Gasteiger partial charge is 0.370 e. The molecule has 126 valence electrons. The summed E-state index contributed by atoms with van der Waals surface area (Å²) in [6.07, 6.45) is 0. The highest BCUT2D eigenvalue weighted by atomic mass is 35.5. The Morgan fingerprint density at radius 2 is 2.25 bits per heavy atom. The van der Waals surface area contributed by atoms with Gasteiger partial charge in [0, 0.05) is 32.7 Å². The van der Waals surface area contributed by atoms with Crippen LogP contribution < -0.4 is 9.80 Å². The Balaban J connectivity index is 1.69. The molecule has 0 amide bonds. The number of anilines is 2. The minimum Gasteiger partial charge on any atom is -0.370 e. The van der Waals surface area contributed by atoms with Crippen molar-refractivity contribution in [3.05, 3.63) is 40.9 Å². The maximum Gasteiger partial charge on any atom is 0.238 e. The molecule has 2 unspecified atom stereocenters. The lowest BCUT2D eigenvalue weighted by Crippen LogP contribution is -2.29. The lowest BCUT2D eigenvalue weighted by atomic mass is 9.98. The Kier molecular flexibility index (Phi) is 4.63. The standard InChI is InChI=1S/C17H18ClFN4O/c1-11-8-23(16-5-13(19)3-4-15(16)18)10-12(11)9-22(2)17-6-14(7-20)24-21-17/h3-6,11-12H,8-10H2,1-2H3. The second kappa shape index (κ2) is 6.70. The minimum atomic E-state index is -0.283. The number of halogens is 2. The molecule has 5 nitrogen and oxygen atoms in total. The van der Waals surface area contributed by atoms with Crippen molar-refractivity contribution in [1.82, 2.24) is 5.16 Å². The van der Waals surface area contributed by atoms with Gasteiger partial charge in [0.2, 0.25) is 5.76 Å². The molecule has 3 rings (SSSR count). The van der Waals surface area contributed by atoms with E-state index in [-0.39, 0.29) is 11.6 Å². The van der Waals surface area contributed by atoms with Crippen molar-refractivity contribution in [3.63, 3.8) is 0 Å². The Morgan fingerprint density at radius 3 is 2.96 bits per heavy atom. The van der Waals surface area contributed by atoms with Crippen LogP contribution in [0.2, 0.25) is 5.02 Å². The van der Waals surface area contributed by atoms with E-state index in [0.29, 0.717) is 22.7 Å². The zero-order valence-corrected chi connectivity index (χ0v) is 14.3. The fourth-order valence-electron chi connectivity index (χ4n) is 3.14. The topological polar surface area (TPSA) is 56.3 Å². The Hall–Kier alpha value is -2.26. The number of nitrogens with zero attached hydrogens (tertiary/aromatic N) is 4. The molecule has 1 aromatic heterocycles. The van der Waals surface area contributed by atoms with Gasteiger partial charge in [-0.3, -0.25) is 0 Å². The Morgan fingerprint density at radius 1 is 1.46 bits per heavy atom. The lowest BCUT2D eigenvalue weighted by Gasteiger charge is -2.23. The fourth-order valence-corrected chi connectivity index (χ4v) is 3.38. The summed E-state index contributed by atoms with van der Waals surface area (Å²) in [5, 5.41) is 13.3. The first-order valence-electron chi connectivity index (χ1n) is 7.76. The van der Waals surface area contributed by atoms with E-state index in [0.717, 1.165) is 25.3 Å². The predicted octanol–water partition coefficient (Wildman–Crippen LogP) is 3.55. The molecule has 1 aliphatic heterocycles. The highest BCUT2D eigenvalue weighted by Crippen LogP contribution is 2.34. The van der Waals surface area contributed by atoms with Gasteiger partial charge in [0.05, 0.1) is 10.7 Å². The van der Waals surface area contributed by atoms with Gasteiger partial charge in [0.25, 0.3) is 0 Å². The van der Waals surface area contributed by atoms with Crippen molar-refractivity contribution in [3.8, 4) is 6.07 Å². The van der Waals surface area contributed by atoms with Crippen LogP contribution in [-0.2, 0) is 0 Å². The summed E-state index contributed by atoms with van der Waals surface area (Å²) in [6, 6.07) is 8.00. The normalized spacial score (nSPS) is 20.2. The molecule has 2 atom stereocenters. The molecule has 2 heterocycles. The quantitative estimate of drug-likeness (QED) is 0.845. The second-order valence-corrected chi connectivity index (χ2v) is 6.69. The molecular weight excluding hydrogens is 331 g/mol. The fraction of sp³-hybridized carbons (Fsp3) is 0.412. The van der Waals surface area contributed by atoms with Gasteiger partial charge >= 0.3 is 0 Å². The molecule has 1 aliphatic rings. The van der Waals surface area contributed by atoms with E-state index in [4.69, 9.17) is 21.4 Å². The van der Waals surface area contributed by atoms with Crippen LogP contribution in [0.3, 0.4) is 0 Å². The van der Waals surface area contributed by atoms with Gasteiger partial charge in [-0.05, 0) is 30.0 Å². The summed E-state index contributed by atoms with van der Waals surface area (Å²) in [4.78, 5) is 4.10. The van der Waals surface area contributed by atoms with Gasteiger partial charge in [-0.15, -0.1) is 0 Å². The predicted molar refractivity (Wildman–Crippen MR) is 90.8 cm³/mol. The molecular formula is C17H18ClFN4O. The number of benzene rings is 1. The molecule has 0 N–H and O–H groups in total. The molecule has 1 fully saturated rings. The van der Waals surface area contributed by atoms with Crippen molar-refractivity contribution >= 4 is 23.1 Å². The summed E-state index contributed by atoms with van der Waals surface area (Å²) >= 11 is 6.22. The molecule has 0 saturated carbocycles. The average molecular weight is 349 g/mol. The SMILES string of the molecule is CC1CN(c2cc(F)ccc2Cl)CC1CN(C)c1cc(C#N)on1. The van der Waals surface area contributed by atoms with Gasteiger partial charge in [-0.25, -0.2) is 4.39 Å². The maximum absolute atomic E-state index is 13.5. The van der Waals surface area contributed by atoms with Crippen LogP contribution in [0.15, 0.2) is 28.8 Å². The molecule has 0 radical (unpaired) electrons. The van der Waals surface area contributed by atoms with Crippen molar-refractivity contribution in [2.75, 3.05) is 36.5 Å². The summed E-state index contributed by atoms with van der Waals surface area (Å²) in [5.74, 6) is 1.35. The van der Waals surface area contributed by atoms with Crippen molar-refractivity contribution in [1.29, 1.82) is 5.26 Å². The third kappa shape index (κ3) is 3.31. The highest BCUT2D eigenvalue weighted by molar-refractivity contribution is 6.33. The number of hydrogen-bond donors (Lipinski definition) is 0. The van der Waals surface area contributed by atoms with Crippen LogP contribution in [0.25, 0.3) is 0 Å². The monoisotopic (exact) mass is 348 g/mol. The number of hydrogen-bond acceptors (Lipinski definition) is 5. The van der Waals surface area contributed by atoms with Crippen LogP contribution in [0.5, 0.6) is 0 Å². The van der Waals surface area contributed by atoms with E-state index >= 15 is 0 Å². The first kappa shape index (κ1) is 16.6. The Bertz CT molecular complexity index is 772. The van der Waals surface area contributed by atoms with Gasteiger partial charge in [-0.1, -0.05) is 23.7 Å². The summed E-state index contributed by atoms with van der Waals surface area (Å²) in [7, 11) is 1.92. The zero-order valence-electron chi connectivity index (χ0n) is 13.5. The van der Waals surface area contributed by atoms with Gasteiger partial charge in [0.15, 0.2) is 5.82 Å². The maximum atomic E-state index is 13.5. The van der Waals surface area contributed by atoms with Gasteiger partial charge < -0.3 is 14.3 Å². The minimum absolute atomic E-state index is 0.199. The second-order valence-electron chi connectivity index (χ2n) is 6.28. The molecule has 0 bridgehead atoms. The van der Waals surface area contributed by atoms with E-state index in [9.17, 15) is 4.39 Å². The first-order chi connectivity index (χ1) is 11.5. The van der Waals surface area contributed by atoms with Crippen LogP contribution in [0.1, 0.15) is 12.7 Å². The summed E-state index contributed by atoms with van der Waals surface area (Å²) < 4.78 is 18.4. The zero-order chi connectivity index (χ0) is 17.3. The molecule has 1 aromatic carbocycles. The third-order valence-corrected chi connectivity index (χ3v) is 4.84. The summed E-state index contributed by atoms with van der Waals surface area (Å²) in [5.41, 5.74) is 0.738. The molecule has 2 aromatic rings. The van der Waals surface area contributed by atoms with Crippen molar-refractivity contribution in [2.45, 2.75) is 6.92 Å². The van der Waals surface area contributed by atoms with Crippen molar-refractivity contribution < 1.29 is 8.91 Å². The molecule has 0 spiro atoms. The highest BCUT2D eigenvalue weighted by Gasteiger charge is 2.32. The number of rotatable bonds is 4. The molecule has 1 saturated heterocycles. The smallest absolute Gasteiger partial charge is 0.238 e. The molecule has 7 heteroatoms. The van der Waals surface area contributed by atoms with Crippen LogP contribution in [0.4, 0.5) is 15.9 Å². The van der Waals surface area contributed by atoms with Gasteiger partial charge in [0.1, 0.15) is 11.9 Å². The Labute approximate surface area is 145 Å². The average Bonchev–Trinajstić information content (AvgIpc) is 3.17.